The molecule has 0 atom stereocenters. The summed E-state index contributed by atoms with van der Waals surface area (Å²) in [5.74, 6) is 2.01. The molecule has 0 aliphatic rings. The minimum Gasteiger partial charge on any atom is -0.457 e. The van der Waals surface area contributed by atoms with Gasteiger partial charge >= 0.3 is 0 Å². The highest BCUT2D eigenvalue weighted by atomic mass is 16.5. The van der Waals surface area contributed by atoms with E-state index in [9.17, 15) is 4.79 Å². The number of benzene rings is 3. The van der Waals surface area contributed by atoms with Crippen LogP contribution < -0.4 is 10.1 Å². The quantitative estimate of drug-likeness (QED) is 0.375. The van der Waals surface area contributed by atoms with Crippen LogP contribution in [-0.4, -0.2) is 15.7 Å². The number of nitrogens with one attached hydrogen (secondary N) is 1. The van der Waals surface area contributed by atoms with Crippen molar-refractivity contribution < 1.29 is 9.53 Å². The Morgan fingerprint density at radius 3 is 2.30 bits per heavy atom. The van der Waals surface area contributed by atoms with Crippen LogP contribution in [0.5, 0.6) is 11.5 Å². The normalized spacial score (nSPS) is 11.3. The molecule has 1 heterocycles. The number of carbonyl (C=O) groups is 1. The number of ether oxygens (including phenoxy) is 1. The van der Waals surface area contributed by atoms with Crippen molar-refractivity contribution in [3.8, 4) is 17.2 Å². The number of rotatable bonds is 6. The first-order chi connectivity index (χ1) is 15.8. The standard InChI is InChI=1S/C28H29N3O2/c1-20-13-15-22(16-14-20)31-26(19-25(30-31)28(2,3)4)29-27(32)18-21-9-8-12-24(17-21)33-23-10-6-5-7-11-23/h5-17,19H,18H2,1-4H3,(H,29,32). The molecule has 5 heteroatoms. The minimum atomic E-state index is -0.140. The van der Waals surface area contributed by atoms with Crippen molar-refractivity contribution in [3.63, 3.8) is 0 Å². The van der Waals surface area contributed by atoms with E-state index in [4.69, 9.17) is 9.84 Å². The van der Waals surface area contributed by atoms with Gasteiger partial charge in [0.1, 0.15) is 17.3 Å². The summed E-state index contributed by atoms with van der Waals surface area (Å²) in [4.78, 5) is 13.0. The lowest BCUT2D eigenvalue weighted by Gasteiger charge is -2.14. The third-order valence-electron chi connectivity index (χ3n) is 5.27. The van der Waals surface area contributed by atoms with Gasteiger partial charge in [0.2, 0.25) is 5.91 Å². The van der Waals surface area contributed by atoms with Crippen LogP contribution >= 0.6 is 0 Å². The van der Waals surface area contributed by atoms with Gasteiger partial charge < -0.3 is 10.1 Å². The fourth-order valence-electron chi connectivity index (χ4n) is 3.44. The van der Waals surface area contributed by atoms with Gasteiger partial charge in [-0.15, -0.1) is 0 Å². The molecule has 4 rings (SSSR count). The molecule has 1 aromatic heterocycles. The molecular formula is C28H29N3O2. The number of anilines is 1. The van der Waals surface area contributed by atoms with Crippen LogP contribution in [0.4, 0.5) is 5.82 Å². The van der Waals surface area contributed by atoms with Gasteiger partial charge in [-0.2, -0.15) is 5.10 Å². The summed E-state index contributed by atoms with van der Waals surface area (Å²) < 4.78 is 7.70. The molecular weight excluding hydrogens is 410 g/mol. The summed E-state index contributed by atoms with van der Waals surface area (Å²) in [6.45, 7) is 8.38. The first kappa shape index (κ1) is 22.3. The van der Waals surface area contributed by atoms with Crippen LogP contribution in [0, 0.1) is 6.92 Å². The third kappa shape index (κ3) is 5.69. The van der Waals surface area contributed by atoms with Crippen molar-refractivity contribution in [1.82, 2.24) is 9.78 Å². The third-order valence-corrected chi connectivity index (χ3v) is 5.27. The van der Waals surface area contributed by atoms with Crippen molar-refractivity contribution in [2.45, 2.75) is 39.5 Å². The Hall–Kier alpha value is -3.86. The molecule has 1 amide bonds. The van der Waals surface area contributed by atoms with Crippen molar-refractivity contribution in [1.29, 1.82) is 0 Å². The minimum absolute atomic E-state index is 0.111. The van der Waals surface area contributed by atoms with Crippen molar-refractivity contribution in [3.05, 3.63) is 102 Å². The second-order valence-corrected chi connectivity index (χ2v) is 9.20. The lowest BCUT2D eigenvalue weighted by atomic mass is 9.92. The Labute approximate surface area is 195 Å². The monoisotopic (exact) mass is 439 g/mol. The number of hydrogen-bond acceptors (Lipinski definition) is 3. The molecule has 1 N–H and O–H groups in total. The van der Waals surface area contributed by atoms with Crippen LogP contribution in [-0.2, 0) is 16.6 Å². The van der Waals surface area contributed by atoms with E-state index >= 15 is 0 Å². The van der Waals surface area contributed by atoms with E-state index in [0.717, 1.165) is 22.7 Å². The Bertz CT molecular complexity index is 1240. The average Bonchev–Trinajstić information content (AvgIpc) is 3.19. The molecule has 5 nitrogen and oxygen atoms in total. The number of nitrogens with zero attached hydrogens (tertiary/aromatic N) is 2. The van der Waals surface area contributed by atoms with Gasteiger partial charge in [0, 0.05) is 11.5 Å². The summed E-state index contributed by atoms with van der Waals surface area (Å²) in [6, 6.07) is 27.2. The first-order valence-corrected chi connectivity index (χ1v) is 11.1. The Morgan fingerprint density at radius 1 is 0.909 bits per heavy atom. The highest BCUT2D eigenvalue weighted by molar-refractivity contribution is 5.92. The van der Waals surface area contributed by atoms with E-state index in [2.05, 4.69) is 26.1 Å². The molecule has 0 aliphatic heterocycles. The van der Waals surface area contributed by atoms with Gasteiger partial charge in [-0.1, -0.05) is 68.8 Å². The summed E-state index contributed by atoms with van der Waals surface area (Å²) >= 11 is 0. The molecule has 33 heavy (non-hydrogen) atoms. The summed E-state index contributed by atoms with van der Waals surface area (Å²) in [5, 5.41) is 7.84. The molecule has 168 valence electrons. The largest absolute Gasteiger partial charge is 0.457 e. The van der Waals surface area contributed by atoms with E-state index in [0.29, 0.717) is 11.6 Å². The van der Waals surface area contributed by atoms with E-state index in [1.807, 2.05) is 91.9 Å². The molecule has 0 saturated heterocycles. The lowest BCUT2D eigenvalue weighted by molar-refractivity contribution is -0.115. The van der Waals surface area contributed by atoms with Gasteiger partial charge in [0.15, 0.2) is 0 Å². The number of carbonyl (C=O) groups excluding carboxylic acids is 1. The predicted molar refractivity (Wildman–Crippen MR) is 132 cm³/mol. The van der Waals surface area contributed by atoms with E-state index < -0.39 is 0 Å². The van der Waals surface area contributed by atoms with E-state index in [1.165, 1.54) is 5.56 Å². The van der Waals surface area contributed by atoms with Gasteiger partial charge in [0.25, 0.3) is 0 Å². The fraction of sp³-hybridized carbons (Fsp3) is 0.214. The summed E-state index contributed by atoms with van der Waals surface area (Å²) in [7, 11) is 0. The van der Waals surface area contributed by atoms with Gasteiger partial charge in [-0.25, -0.2) is 4.68 Å². The Kier molecular flexibility index (Phi) is 6.31. The zero-order valence-electron chi connectivity index (χ0n) is 19.5. The molecule has 0 bridgehead atoms. The van der Waals surface area contributed by atoms with E-state index in [1.54, 1.807) is 4.68 Å². The molecule has 3 aromatic carbocycles. The molecule has 0 saturated carbocycles. The number of amides is 1. The van der Waals surface area contributed by atoms with E-state index in [-0.39, 0.29) is 17.7 Å². The molecule has 0 fully saturated rings. The number of aryl methyl sites for hydroxylation is 1. The zero-order chi connectivity index (χ0) is 23.4. The number of aromatic nitrogens is 2. The second-order valence-electron chi connectivity index (χ2n) is 9.20. The summed E-state index contributed by atoms with van der Waals surface area (Å²) in [5.41, 5.74) is 3.73. The topological polar surface area (TPSA) is 56.2 Å². The predicted octanol–water partition coefficient (Wildman–Crippen LogP) is 6.45. The maximum Gasteiger partial charge on any atom is 0.229 e. The van der Waals surface area contributed by atoms with Crippen LogP contribution in [0.1, 0.15) is 37.6 Å². The molecule has 0 unspecified atom stereocenters. The van der Waals surface area contributed by atoms with Crippen molar-refractivity contribution in [2.75, 3.05) is 5.32 Å². The Morgan fingerprint density at radius 2 is 1.61 bits per heavy atom. The van der Waals surface area contributed by atoms with Crippen LogP contribution in [0.3, 0.4) is 0 Å². The highest BCUT2D eigenvalue weighted by Crippen LogP contribution is 2.27. The SMILES string of the molecule is Cc1ccc(-n2nc(C(C)(C)C)cc2NC(=O)Cc2cccc(Oc3ccccc3)c2)cc1. The van der Waals surface area contributed by atoms with Crippen molar-refractivity contribution >= 4 is 11.7 Å². The van der Waals surface area contributed by atoms with Gasteiger partial charge in [0.05, 0.1) is 17.8 Å². The average molecular weight is 440 g/mol. The zero-order valence-corrected chi connectivity index (χ0v) is 19.5. The number of hydrogen-bond donors (Lipinski definition) is 1. The molecule has 4 aromatic rings. The molecule has 0 aliphatic carbocycles. The maximum atomic E-state index is 13.0. The van der Waals surface area contributed by atoms with Crippen LogP contribution in [0.15, 0.2) is 84.9 Å². The van der Waals surface area contributed by atoms with Gasteiger partial charge in [-0.05, 0) is 48.9 Å². The van der Waals surface area contributed by atoms with Crippen LogP contribution in [0.2, 0.25) is 0 Å². The van der Waals surface area contributed by atoms with Crippen LogP contribution in [0.25, 0.3) is 5.69 Å². The molecule has 0 radical (unpaired) electrons. The lowest BCUT2D eigenvalue weighted by Crippen LogP contribution is -2.17. The van der Waals surface area contributed by atoms with Crippen molar-refractivity contribution in [2.24, 2.45) is 0 Å². The molecule has 0 spiro atoms. The smallest absolute Gasteiger partial charge is 0.229 e. The second kappa shape index (κ2) is 9.33. The van der Waals surface area contributed by atoms with Gasteiger partial charge in [-0.3, -0.25) is 4.79 Å². The first-order valence-electron chi connectivity index (χ1n) is 11.1. The maximum absolute atomic E-state index is 13.0. The summed E-state index contributed by atoms with van der Waals surface area (Å²) in [6.07, 6.45) is 0.232. The Balaban J connectivity index is 1.53. The highest BCUT2D eigenvalue weighted by Gasteiger charge is 2.21. The number of para-hydroxylation sites is 1. The fourth-order valence-corrected chi connectivity index (χ4v) is 3.44.